The van der Waals surface area contributed by atoms with Crippen LogP contribution >= 0.6 is 0 Å². The molecule has 1 N–H and O–H groups in total. The maximum atomic E-state index is 12.8. The molecule has 0 saturated heterocycles. The predicted octanol–water partition coefficient (Wildman–Crippen LogP) is 3.44. The summed E-state index contributed by atoms with van der Waals surface area (Å²) in [6.45, 7) is 3.77. The third-order valence-electron chi connectivity index (χ3n) is 4.32. The van der Waals surface area contributed by atoms with E-state index in [1.807, 2.05) is 19.9 Å². The first-order valence-electron chi connectivity index (χ1n) is 9.23. The van der Waals surface area contributed by atoms with Gasteiger partial charge in [-0.3, -0.25) is 9.59 Å². The summed E-state index contributed by atoms with van der Waals surface area (Å²) in [7, 11) is 3.06. The first-order chi connectivity index (χ1) is 13.9. The number of rotatable bonds is 7. The smallest absolute Gasteiger partial charge is 0.258 e. The molecular weight excluding hydrogens is 372 g/mol. The molecule has 152 valence electrons. The topological polar surface area (TPSA) is 78.8 Å². The average Bonchev–Trinajstić information content (AvgIpc) is 2.70. The summed E-state index contributed by atoms with van der Waals surface area (Å²) in [5.41, 5.74) is 0.262. The molecule has 1 aromatic heterocycles. The highest BCUT2D eigenvalue weighted by molar-refractivity contribution is 5.92. The molecule has 3 rings (SSSR count). The Labute approximate surface area is 168 Å². The Kier molecular flexibility index (Phi) is 6.07. The molecular formula is C22H24N2O5. The van der Waals surface area contributed by atoms with Crippen molar-refractivity contribution in [2.75, 3.05) is 19.5 Å². The van der Waals surface area contributed by atoms with E-state index in [9.17, 15) is 9.59 Å². The fourth-order valence-electron chi connectivity index (χ4n) is 2.98. The minimum atomic E-state index is -0.338. The number of fused-ring (bicyclic) bond motifs is 1. The molecule has 0 fully saturated rings. The molecule has 29 heavy (non-hydrogen) atoms. The van der Waals surface area contributed by atoms with Crippen LogP contribution in [0.5, 0.6) is 17.2 Å². The zero-order valence-corrected chi connectivity index (χ0v) is 16.9. The molecule has 2 aromatic carbocycles. The standard InChI is InChI=1S/C22H24N2O5/c1-14(2)29-17-5-7-18-15(11-17)9-10-24(22(18)26)13-21(25)23-19-8-6-16(27-3)12-20(19)28-4/h5-12,14H,13H2,1-4H3,(H,23,25). The number of hydrogen-bond acceptors (Lipinski definition) is 5. The summed E-state index contributed by atoms with van der Waals surface area (Å²) in [5.74, 6) is 1.45. The fourth-order valence-corrected chi connectivity index (χ4v) is 2.98. The van der Waals surface area contributed by atoms with Crippen molar-refractivity contribution in [3.8, 4) is 17.2 Å². The highest BCUT2D eigenvalue weighted by atomic mass is 16.5. The molecule has 7 nitrogen and oxygen atoms in total. The van der Waals surface area contributed by atoms with Gasteiger partial charge in [0, 0.05) is 17.6 Å². The van der Waals surface area contributed by atoms with Gasteiger partial charge in [-0.2, -0.15) is 0 Å². The Morgan fingerprint density at radius 1 is 1.03 bits per heavy atom. The second-order valence-electron chi connectivity index (χ2n) is 6.78. The minimum absolute atomic E-state index is 0.0477. The number of benzene rings is 2. The van der Waals surface area contributed by atoms with Gasteiger partial charge >= 0.3 is 0 Å². The van der Waals surface area contributed by atoms with Crippen molar-refractivity contribution in [3.63, 3.8) is 0 Å². The van der Waals surface area contributed by atoms with Crippen molar-refractivity contribution < 1.29 is 19.0 Å². The third-order valence-corrected chi connectivity index (χ3v) is 4.32. The van der Waals surface area contributed by atoms with Crippen molar-refractivity contribution in [2.45, 2.75) is 26.5 Å². The summed E-state index contributed by atoms with van der Waals surface area (Å²) in [4.78, 5) is 25.2. The number of anilines is 1. The quantitative estimate of drug-likeness (QED) is 0.662. The molecule has 0 bridgehead atoms. The van der Waals surface area contributed by atoms with Gasteiger partial charge in [-0.25, -0.2) is 0 Å². The van der Waals surface area contributed by atoms with Crippen LogP contribution in [0.25, 0.3) is 10.8 Å². The number of methoxy groups -OCH3 is 2. The van der Waals surface area contributed by atoms with Crippen molar-refractivity contribution in [1.29, 1.82) is 0 Å². The summed E-state index contributed by atoms with van der Waals surface area (Å²) >= 11 is 0. The number of pyridine rings is 1. The maximum Gasteiger partial charge on any atom is 0.258 e. The molecule has 0 aliphatic carbocycles. The van der Waals surface area contributed by atoms with Crippen LogP contribution in [-0.4, -0.2) is 30.8 Å². The van der Waals surface area contributed by atoms with E-state index in [1.54, 1.807) is 49.7 Å². The number of nitrogens with one attached hydrogen (secondary N) is 1. The minimum Gasteiger partial charge on any atom is -0.497 e. The summed E-state index contributed by atoms with van der Waals surface area (Å²) in [6, 6.07) is 12.2. The summed E-state index contributed by atoms with van der Waals surface area (Å²) in [5, 5.41) is 4.06. The van der Waals surface area contributed by atoms with Crippen LogP contribution in [-0.2, 0) is 11.3 Å². The molecule has 0 spiro atoms. The van der Waals surface area contributed by atoms with E-state index in [4.69, 9.17) is 14.2 Å². The van der Waals surface area contributed by atoms with Crippen LogP contribution in [0.2, 0.25) is 0 Å². The largest absolute Gasteiger partial charge is 0.497 e. The first kappa shape index (κ1) is 20.3. The molecule has 0 aliphatic rings. The van der Waals surface area contributed by atoms with E-state index in [0.717, 1.165) is 5.39 Å². The Morgan fingerprint density at radius 3 is 2.48 bits per heavy atom. The molecule has 1 amide bonds. The van der Waals surface area contributed by atoms with E-state index in [1.165, 1.54) is 11.7 Å². The van der Waals surface area contributed by atoms with Crippen LogP contribution in [0.3, 0.4) is 0 Å². The van der Waals surface area contributed by atoms with E-state index in [2.05, 4.69) is 5.32 Å². The molecule has 0 aliphatic heterocycles. The monoisotopic (exact) mass is 396 g/mol. The van der Waals surface area contributed by atoms with E-state index in [-0.39, 0.29) is 24.1 Å². The lowest BCUT2D eigenvalue weighted by Crippen LogP contribution is -2.27. The van der Waals surface area contributed by atoms with Gasteiger partial charge in [0.1, 0.15) is 23.8 Å². The number of aromatic nitrogens is 1. The Morgan fingerprint density at radius 2 is 1.79 bits per heavy atom. The second-order valence-corrected chi connectivity index (χ2v) is 6.78. The predicted molar refractivity (Wildman–Crippen MR) is 112 cm³/mol. The zero-order chi connectivity index (χ0) is 21.0. The summed E-state index contributed by atoms with van der Waals surface area (Å²) < 4.78 is 17.5. The van der Waals surface area contributed by atoms with Gasteiger partial charge in [-0.05, 0) is 55.6 Å². The second kappa shape index (κ2) is 8.68. The van der Waals surface area contributed by atoms with Crippen LogP contribution in [0.4, 0.5) is 5.69 Å². The number of amides is 1. The molecule has 0 saturated carbocycles. The van der Waals surface area contributed by atoms with Crippen LogP contribution < -0.4 is 25.1 Å². The number of hydrogen-bond donors (Lipinski definition) is 1. The average molecular weight is 396 g/mol. The molecule has 1 heterocycles. The van der Waals surface area contributed by atoms with Crippen molar-refractivity contribution in [2.24, 2.45) is 0 Å². The molecule has 7 heteroatoms. The number of carbonyl (C=O) groups is 1. The van der Waals surface area contributed by atoms with Gasteiger partial charge in [-0.1, -0.05) is 0 Å². The fraction of sp³-hybridized carbons (Fsp3) is 0.273. The van der Waals surface area contributed by atoms with E-state index < -0.39 is 0 Å². The number of nitrogens with zero attached hydrogens (tertiary/aromatic N) is 1. The third kappa shape index (κ3) is 4.68. The Bertz CT molecular complexity index is 1090. The van der Waals surface area contributed by atoms with Crippen molar-refractivity contribution >= 4 is 22.4 Å². The summed E-state index contributed by atoms with van der Waals surface area (Å²) in [6.07, 6.45) is 1.65. The lowest BCUT2D eigenvalue weighted by atomic mass is 10.1. The number of ether oxygens (including phenoxy) is 3. The van der Waals surface area contributed by atoms with Crippen LogP contribution in [0.15, 0.2) is 53.5 Å². The zero-order valence-electron chi connectivity index (χ0n) is 16.9. The molecule has 0 unspecified atom stereocenters. The first-order valence-corrected chi connectivity index (χ1v) is 9.23. The van der Waals surface area contributed by atoms with Gasteiger partial charge in [0.2, 0.25) is 5.91 Å². The van der Waals surface area contributed by atoms with E-state index >= 15 is 0 Å². The van der Waals surface area contributed by atoms with Crippen molar-refractivity contribution in [3.05, 3.63) is 59.0 Å². The van der Waals surface area contributed by atoms with Gasteiger partial charge in [0.15, 0.2) is 0 Å². The molecule has 0 radical (unpaired) electrons. The SMILES string of the molecule is COc1ccc(NC(=O)Cn2ccc3cc(OC(C)C)ccc3c2=O)c(OC)c1. The van der Waals surface area contributed by atoms with Crippen LogP contribution in [0, 0.1) is 0 Å². The normalized spacial score (nSPS) is 10.8. The highest BCUT2D eigenvalue weighted by Gasteiger charge is 2.12. The van der Waals surface area contributed by atoms with Crippen molar-refractivity contribution in [1.82, 2.24) is 4.57 Å². The van der Waals surface area contributed by atoms with Crippen LogP contribution in [0.1, 0.15) is 13.8 Å². The molecule has 3 aromatic rings. The Balaban J connectivity index is 1.80. The number of carbonyl (C=O) groups excluding carboxylic acids is 1. The highest BCUT2D eigenvalue weighted by Crippen LogP contribution is 2.29. The van der Waals surface area contributed by atoms with Gasteiger partial charge in [0.05, 0.1) is 26.0 Å². The van der Waals surface area contributed by atoms with Gasteiger partial charge in [0.25, 0.3) is 5.56 Å². The lowest BCUT2D eigenvalue weighted by Gasteiger charge is -2.13. The van der Waals surface area contributed by atoms with Gasteiger partial charge < -0.3 is 24.1 Å². The van der Waals surface area contributed by atoms with Gasteiger partial charge in [-0.15, -0.1) is 0 Å². The maximum absolute atomic E-state index is 12.8. The lowest BCUT2D eigenvalue weighted by molar-refractivity contribution is -0.116. The molecule has 0 atom stereocenters. The Hall–Kier alpha value is -3.48. The van der Waals surface area contributed by atoms with E-state index in [0.29, 0.717) is 28.3 Å².